The van der Waals surface area contributed by atoms with Gasteiger partial charge in [-0.05, 0) is 62.7 Å². The number of benzene rings is 2. The van der Waals surface area contributed by atoms with Crippen molar-refractivity contribution in [1.29, 1.82) is 0 Å². The molecule has 1 unspecified atom stereocenters. The minimum absolute atomic E-state index is 0.0414. The maximum Gasteiger partial charge on any atom is 0.227 e. The summed E-state index contributed by atoms with van der Waals surface area (Å²) >= 11 is 5.99. The molecule has 152 valence electrons. The Hall–Kier alpha value is -2.79. The third kappa shape index (κ3) is 4.46. The van der Waals surface area contributed by atoms with Crippen LogP contribution >= 0.6 is 11.6 Å². The molecule has 1 aromatic heterocycles. The van der Waals surface area contributed by atoms with Gasteiger partial charge in [0.15, 0.2) is 0 Å². The van der Waals surface area contributed by atoms with Crippen molar-refractivity contribution in [3.8, 4) is 11.4 Å². The number of aryl methyl sites for hydroxylation is 1. The average Bonchev–Trinajstić information content (AvgIpc) is 3.01. The lowest BCUT2D eigenvalue weighted by Gasteiger charge is -2.25. The first-order chi connectivity index (χ1) is 13.8. The molecule has 0 aliphatic rings. The van der Waals surface area contributed by atoms with Crippen LogP contribution in [-0.2, 0) is 11.2 Å². The molecule has 3 rings (SSSR count). The Morgan fingerprint density at radius 2 is 1.76 bits per heavy atom. The number of halogens is 1. The van der Waals surface area contributed by atoms with Crippen LogP contribution in [0.1, 0.15) is 35.5 Å². The third-order valence-electron chi connectivity index (χ3n) is 5.41. The SMILES string of the molecule is COc1ccc(C(C)N(C)C(=O)Cc2c(C)nn(-c3ccc(Cl)cc3)c2C)cc1. The van der Waals surface area contributed by atoms with E-state index in [1.54, 1.807) is 12.0 Å². The van der Waals surface area contributed by atoms with Crippen molar-refractivity contribution in [3.05, 3.63) is 76.1 Å². The Morgan fingerprint density at radius 3 is 2.34 bits per heavy atom. The maximum absolute atomic E-state index is 13.0. The summed E-state index contributed by atoms with van der Waals surface area (Å²) in [7, 11) is 3.48. The van der Waals surface area contributed by atoms with E-state index in [2.05, 4.69) is 5.10 Å². The van der Waals surface area contributed by atoms with E-state index in [-0.39, 0.29) is 11.9 Å². The Labute approximate surface area is 176 Å². The summed E-state index contributed by atoms with van der Waals surface area (Å²) in [6.45, 7) is 5.95. The molecule has 0 N–H and O–H groups in total. The van der Waals surface area contributed by atoms with Crippen LogP contribution in [0.5, 0.6) is 5.75 Å². The molecule has 0 fully saturated rings. The van der Waals surface area contributed by atoms with Crippen molar-refractivity contribution in [2.75, 3.05) is 14.2 Å². The van der Waals surface area contributed by atoms with E-state index >= 15 is 0 Å². The largest absolute Gasteiger partial charge is 0.497 e. The van der Waals surface area contributed by atoms with Gasteiger partial charge in [-0.15, -0.1) is 0 Å². The first kappa shape index (κ1) is 20.9. The van der Waals surface area contributed by atoms with Gasteiger partial charge in [0.05, 0.1) is 31.0 Å². The average molecular weight is 412 g/mol. The Balaban J connectivity index is 1.78. The molecular formula is C23H26ClN3O2. The highest BCUT2D eigenvalue weighted by atomic mass is 35.5. The van der Waals surface area contributed by atoms with Crippen molar-refractivity contribution in [3.63, 3.8) is 0 Å². The van der Waals surface area contributed by atoms with E-state index < -0.39 is 0 Å². The summed E-state index contributed by atoms with van der Waals surface area (Å²) < 4.78 is 7.07. The maximum atomic E-state index is 13.0. The molecule has 0 radical (unpaired) electrons. The zero-order valence-electron chi connectivity index (χ0n) is 17.4. The molecule has 0 saturated carbocycles. The van der Waals surface area contributed by atoms with E-state index in [0.717, 1.165) is 34.0 Å². The van der Waals surface area contributed by atoms with Crippen molar-refractivity contribution in [1.82, 2.24) is 14.7 Å². The van der Waals surface area contributed by atoms with Gasteiger partial charge in [0.25, 0.3) is 0 Å². The third-order valence-corrected chi connectivity index (χ3v) is 5.66. The number of likely N-dealkylation sites (N-methyl/N-ethyl adjacent to an activating group) is 1. The molecule has 0 aliphatic heterocycles. The lowest BCUT2D eigenvalue weighted by molar-refractivity contribution is -0.131. The minimum Gasteiger partial charge on any atom is -0.497 e. The fraction of sp³-hybridized carbons (Fsp3) is 0.304. The van der Waals surface area contributed by atoms with Crippen molar-refractivity contribution in [2.45, 2.75) is 33.2 Å². The molecule has 1 heterocycles. The predicted molar refractivity (Wildman–Crippen MR) is 116 cm³/mol. The predicted octanol–water partition coefficient (Wildman–Crippen LogP) is 4.91. The van der Waals surface area contributed by atoms with Gasteiger partial charge in [0.1, 0.15) is 5.75 Å². The van der Waals surface area contributed by atoms with E-state index in [4.69, 9.17) is 16.3 Å². The van der Waals surface area contributed by atoms with Crippen LogP contribution in [0.3, 0.4) is 0 Å². The number of methoxy groups -OCH3 is 1. The second-order valence-corrected chi connectivity index (χ2v) is 7.60. The molecule has 1 amide bonds. The van der Waals surface area contributed by atoms with Crippen molar-refractivity contribution >= 4 is 17.5 Å². The standard InChI is InChI=1S/C23H26ClN3O2/c1-15-22(17(3)27(25-15)20-10-8-19(24)9-11-20)14-23(28)26(4)16(2)18-6-12-21(29-5)13-7-18/h6-13,16H,14H2,1-5H3. The van der Waals surface area contributed by atoms with Gasteiger partial charge >= 0.3 is 0 Å². The first-order valence-electron chi connectivity index (χ1n) is 9.52. The van der Waals surface area contributed by atoms with Crippen LogP contribution in [0.25, 0.3) is 5.69 Å². The van der Waals surface area contributed by atoms with E-state index in [0.29, 0.717) is 11.4 Å². The smallest absolute Gasteiger partial charge is 0.227 e. The van der Waals surface area contributed by atoms with E-state index in [9.17, 15) is 4.79 Å². The molecule has 6 heteroatoms. The van der Waals surface area contributed by atoms with Gasteiger partial charge in [-0.1, -0.05) is 23.7 Å². The lowest BCUT2D eigenvalue weighted by atomic mass is 10.0. The molecule has 1 atom stereocenters. The molecular weight excluding hydrogens is 386 g/mol. The number of amides is 1. The molecule has 5 nitrogen and oxygen atoms in total. The summed E-state index contributed by atoms with van der Waals surface area (Å²) in [5.74, 6) is 0.853. The highest BCUT2D eigenvalue weighted by Gasteiger charge is 2.21. The van der Waals surface area contributed by atoms with Crippen LogP contribution in [0.4, 0.5) is 0 Å². The molecule has 0 aliphatic carbocycles. The highest BCUT2D eigenvalue weighted by Crippen LogP contribution is 2.24. The number of hydrogen-bond acceptors (Lipinski definition) is 3. The van der Waals surface area contributed by atoms with Crippen LogP contribution in [0.2, 0.25) is 5.02 Å². The van der Waals surface area contributed by atoms with Crippen LogP contribution in [0, 0.1) is 13.8 Å². The highest BCUT2D eigenvalue weighted by molar-refractivity contribution is 6.30. The normalized spacial score (nSPS) is 11.9. The molecule has 0 saturated heterocycles. The van der Waals surface area contributed by atoms with E-state index in [1.807, 2.05) is 81.0 Å². The summed E-state index contributed by atoms with van der Waals surface area (Å²) in [4.78, 5) is 14.8. The fourth-order valence-electron chi connectivity index (χ4n) is 3.36. The monoisotopic (exact) mass is 411 g/mol. The fourth-order valence-corrected chi connectivity index (χ4v) is 3.49. The topological polar surface area (TPSA) is 47.4 Å². The minimum atomic E-state index is -0.0414. The number of nitrogens with zero attached hydrogens (tertiary/aromatic N) is 3. The van der Waals surface area contributed by atoms with Crippen LogP contribution < -0.4 is 4.74 Å². The Morgan fingerprint density at radius 1 is 1.14 bits per heavy atom. The zero-order valence-corrected chi connectivity index (χ0v) is 18.2. The molecule has 3 aromatic rings. The van der Waals surface area contributed by atoms with Gasteiger partial charge < -0.3 is 9.64 Å². The van der Waals surface area contributed by atoms with E-state index in [1.165, 1.54) is 0 Å². The number of carbonyl (C=O) groups is 1. The Bertz CT molecular complexity index is 994. The van der Waals surface area contributed by atoms with Crippen LogP contribution in [-0.4, -0.2) is 34.7 Å². The molecule has 0 spiro atoms. The van der Waals surface area contributed by atoms with Crippen molar-refractivity contribution in [2.24, 2.45) is 0 Å². The lowest BCUT2D eigenvalue weighted by Crippen LogP contribution is -2.31. The van der Waals surface area contributed by atoms with Gasteiger partial charge in [-0.3, -0.25) is 4.79 Å². The van der Waals surface area contributed by atoms with Crippen LogP contribution in [0.15, 0.2) is 48.5 Å². The van der Waals surface area contributed by atoms with Gasteiger partial charge in [-0.25, -0.2) is 4.68 Å². The number of ether oxygens (including phenoxy) is 1. The zero-order chi connectivity index (χ0) is 21.1. The number of carbonyl (C=O) groups excluding carboxylic acids is 1. The second-order valence-electron chi connectivity index (χ2n) is 7.17. The summed E-state index contributed by atoms with van der Waals surface area (Å²) in [6, 6.07) is 15.3. The quantitative estimate of drug-likeness (QED) is 0.578. The summed E-state index contributed by atoms with van der Waals surface area (Å²) in [5.41, 5.74) is 4.76. The molecule has 2 aromatic carbocycles. The number of hydrogen-bond donors (Lipinski definition) is 0. The first-order valence-corrected chi connectivity index (χ1v) is 9.90. The molecule has 0 bridgehead atoms. The number of rotatable bonds is 6. The summed E-state index contributed by atoms with van der Waals surface area (Å²) in [5, 5.41) is 5.31. The van der Waals surface area contributed by atoms with Gasteiger partial charge in [-0.2, -0.15) is 5.10 Å². The van der Waals surface area contributed by atoms with Gasteiger partial charge in [0, 0.05) is 23.3 Å². The Kier molecular flexibility index (Phi) is 6.28. The summed E-state index contributed by atoms with van der Waals surface area (Å²) in [6.07, 6.45) is 0.308. The molecule has 29 heavy (non-hydrogen) atoms. The van der Waals surface area contributed by atoms with Crippen molar-refractivity contribution < 1.29 is 9.53 Å². The number of aromatic nitrogens is 2. The van der Waals surface area contributed by atoms with Gasteiger partial charge in [0.2, 0.25) is 5.91 Å². The second kappa shape index (κ2) is 8.70.